The van der Waals surface area contributed by atoms with Gasteiger partial charge in [0.05, 0.1) is 12.2 Å². The fraction of sp³-hybridized carbons (Fsp3) is 1.00. The highest BCUT2D eigenvalue weighted by molar-refractivity contribution is 4.56. The molecule has 0 aliphatic rings. The first-order chi connectivity index (χ1) is 5.66. The molecule has 0 radical (unpaired) electrons. The first kappa shape index (κ1) is 11.9. The molecule has 0 bridgehead atoms. The van der Waals surface area contributed by atoms with Crippen LogP contribution in [-0.4, -0.2) is 22.4 Å². The maximum atomic E-state index is 9.35. The lowest BCUT2D eigenvalue weighted by Gasteiger charge is -2.08. The van der Waals surface area contributed by atoms with Gasteiger partial charge in [-0.25, -0.2) is 0 Å². The summed E-state index contributed by atoms with van der Waals surface area (Å²) in [7, 11) is 0. The smallest absolute Gasteiger partial charge is 0.0540 e. The standard InChI is InChI=1S/C10H22O2/c1-3-6-10(12)8-5-4-7-9(2)11/h9-12H,3-8H2,1-2H3. The summed E-state index contributed by atoms with van der Waals surface area (Å²) >= 11 is 0. The molecule has 0 amide bonds. The Balaban J connectivity index is 3.08. The van der Waals surface area contributed by atoms with Crippen molar-refractivity contribution in [2.75, 3.05) is 0 Å². The second-order valence-electron chi connectivity index (χ2n) is 3.58. The third-order valence-corrected chi connectivity index (χ3v) is 2.03. The SMILES string of the molecule is CCCC(O)CCCCC(C)O. The number of aliphatic hydroxyl groups is 2. The van der Waals surface area contributed by atoms with Crippen LogP contribution in [0.1, 0.15) is 52.4 Å². The van der Waals surface area contributed by atoms with Crippen LogP contribution >= 0.6 is 0 Å². The lowest BCUT2D eigenvalue weighted by molar-refractivity contribution is 0.143. The van der Waals surface area contributed by atoms with E-state index in [1.807, 2.05) is 6.92 Å². The average Bonchev–Trinajstić information content (AvgIpc) is 1.98. The van der Waals surface area contributed by atoms with Crippen LogP contribution in [0.15, 0.2) is 0 Å². The fourth-order valence-electron chi connectivity index (χ4n) is 1.30. The molecule has 2 atom stereocenters. The van der Waals surface area contributed by atoms with E-state index in [1.54, 1.807) is 0 Å². The minimum Gasteiger partial charge on any atom is -0.393 e. The second kappa shape index (κ2) is 7.56. The maximum absolute atomic E-state index is 9.35. The van der Waals surface area contributed by atoms with Crippen molar-refractivity contribution in [3.8, 4) is 0 Å². The van der Waals surface area contributed by atoms with Gasteiger partial charge in [0.2, 0.25) is 0 Å². The summed E-state index contributed by atoms with van der Waals surface area (Å²) in [5.74, 6) is 0. The summed E-state index contributed by atoms with van der Waals surface area (Å²) in [6.45, 7) is 3.89. The monoisotopic (exact) mass is 174 g/mol. The third-order valence-electron chi connectivity index (χ3n) is 2.03. The summed E-state index contributed by atoms with van der Waals surface area (Å²) in [6.07, 6.45) is 5.47. The Bertz CT molecular complexity index is 91.8. The van der Waals surface area contributed by atoms with Crippen molar-refractivity contribution in [1.29, 1.82) is 0 Å². The Morgan fingerprint density at radius 1 is 1.00 bits per heavy atom. The van der Waals surface area contributed by atoms with Crippen LogP contribution in [0, 0.1) is 0 Å². The Hall–Kier alpha value is -0.0800. The van der Waals surface area contributed by atoms with Crippen LogP contribution in [-0.2, 0) is 0 Å². The van der Waals surface area contributed by atoms with Gasteiger partial charge in [-0.2, -0.15) is 0 Å². The fourth-order valence-corrected chi connectivity index (χ4v) is 1.30. The van der Waals surface area contributed by atoms with Gasteiger partial charge >= 0.3 is 0 Å². The molecular weight excluding hydrogens is 152 g/mol. The summed E-state index contributed by atoms with van der Waals surface area (Å²) in [5.41, 5.74) is 0. The van der Waals surface area contributed by atoms with Crippen LogP contribution < -0.4 is 0 Å². The quantitative estimate of drug-likeness (QED) is 0.580. The Morgan fingerprint density at radius 3 is 2.08 bits per heavy atom. The molecule has 0 fully saturated rings. The molecule has 0 saturated heterocycles. The van der Waals surface area contributed by atoms with Gasteiger partial charge in [-0.1, -0.05) is 26.2 Å². The Morgan fingerprint density at radius 2 is 1.58 bits per heavy atom. The molecule has 0 aliphatic carbocycles. The highest BCUT2D eigenvalue weighted by Crippen LogP contribution is 2.09. The first-order valence-corrected chi connectivity index (χ1v) is 5.03. The summed E-state index contributed by atoms with van der Waals surface area (Å²) in [6, 6.07) is 0. The highest BCUT2D eigenvalue weighted by Gasteiger charge is 2.02. The normalized spacial score (nSPS) is 16.0. The molecule has 0 aromatic heterocycles. The van der Waals surface area contributed by atoms with Gasteiger partial charge in [0, 0.05) is 0 Å². The number of unbranched alkanes of at least 4 members (excludes halogenated alkanes) is 1. The molecule has 0 aliphatic heterocycles. The van der Waals surface area contributed by atoms with E-state index < -0.39 is 0 Å². The molecule has 2 N–H and O–H groups in total. The van der Waals surface area contributed by atoms with Gasteiger partial charge in [0.25, 0.3) is 0 Å². The van der Waals surface area contributed by atoms with Crippen molar-refractivity contribution >= 4 is 0 Å². The van der Waals surface area contributed by atoms with Crippen LogP contribution in [0.2, 0.25) is 0 Å². The van der Waals surface area contributed by atoms with E-state index >= 15 is 0 Å². The van der Waals surface area contributed by atoms with E-state index in [9.17, 15) is 5.11 Å². The van der Waals surface area contributed by atoms with Crippen LogP contribution in [0.25, 0.3) is 0 Å². The van der Waals surface area contributed by atoms with E-state index in [1.165, 1.54) is 0 Å². The van der Waals surface area contributed by atoms with Gasteiger partial charge in [-0.3, -0.25) is 0 Å². The minimum absolute atomic E-state index is 0.121. The number of aliphatic hydroxyl groups excluding tert-OH is 2. The van der Waals surface area contributed by atoms with Gasteiger partial charge in [0.1, 0.15) is 0 Å². The average molecular weight is 174 g/mol. The molecule has 0 saturated carbocycles. The molecule has 0 rings (SSSR count). The van der Waals surface area contributed by atoms with Gasteiger partial charge in [-0.15, -0.1) is 0 Å². The Kier molecular flexibility index (Phi) is 7.51. The largest absolute Gasteiger partial charge is 0.393 e. The van der Waals surface area contributed by atoms with Gasteiger partial charge in [-0.05, 0) is 26.2 Å². The van der Waals surface area contributed by atoms with E-state index in [2.05, 4.69) is 6.92 Å². The molecule has 2 heteroatoms. The number of rotatable bonds is 7. The van der Waals surface area contributed by atoms with Crippen LogP contribution in [0.4, 0.5) is 0 Å². The zero-order chi connectivity index (χ0) is 9.40. The van der Waals surface area contributed by atoms with Crippen molar-refractivity contribution in [2.24, 2.45) is 0 Å². The summed E-state index contributed by atoms with van der Waals surface area (Å²) < 4.78 is 0. The lowest BCUT2D eigenvalue weighted by Crippen LogP contribution is -2.06. The number of hydrogen-bond acceptors (Lipinski definition) is 2. The van der Waals surface area contributed by atoms with Crippen LogP contribution in [0.5, 0.6) is 0 Å². The van der Waals surface area contributed by atoms with Crippen LogP contribution in [0.3, 0.4) is 0 Å². The molecule has 0 aromatic carbocycles. The van der Waals surface area contributed by atoms with E-state index in [0.717, 1.165) is 38.5 Å². The molecule has 74 valence electrons. The molecule has 0 spiro atoms. The second-order valence-corrected chi connectivity index (χ2v) is 3.58. The van der Waals surface area contributed by atoms with E-state index in [4.69, 9.17) is 5.11 Å². The third kappa shape index (κ3) is 8.02. The van der Waals surface area contributed by atoms with Crippen molar-refractivity contribution < 1.29 is 10.2 Å². The molecule has 0 heterocycles. The molecule has 2 unspecified atom stereocenters. The molecule has 0 aromatic rings. The van der Waals surface area contributed by atoms with Crippen molar-refractivity contribution in [3.05, 3.63) is 0 Å². The van der Waals surface area contributed by atoms with Gasteiger partial charge in [0.15, 0.2) is 0 Å². The molecule has 12 heavy (non-hydrogen) atoms. The zero-order valence-corrected chi connectivity index (χ0v) is 8.29. The van der Waals surface area contributed by atoms with Crippen molar-refractivity contribution in [1.82, 2.24) is 0 Å². The maximum Gasteiger partial charge on any atom is 0.0540 e. The molecule has 2 nitrogen and oxygen atoms in total. The van der Waals surface area contributed by atoms with Gasteiger partial charge < -0.3 is 10.2 Å². The molecular formula is C10H22O2. The highest BCUT2D eigenvalue weighted by atomic mass is 16.3. The lowest BCUT2D eigenvalue weighted by atomic mass is 10.1. The topological polar surface area (TPSA) is 40.5 Å². The predicted molar refractivity (Wildman–Crippen MR) is 51.1 cm³/mol. The summed E-state index contributed by atoms with van der Waals surface area (Å²) in [4.78, 5) is 0. The summed E-state index contributed by atoms with van der Waals surface area (Å²) in [5, 5.41) is 18.3. The Labute approximate surface area is 75.6 Å². The predicted octanol–water partition coefficient (Wildman–Crippen LogP) is 2.09. The van der Waals surface area contributed by atoms with Crippen molar-refractivity contribution in [3.63, 3.8) is 0 Å². The van der Waals surface area contributed by atoms with E-state index in [-0.39, 0.29) is 12.2 Å². The first-order valence-electron chi connectivity index (χ1n) is 5.03. The minimum atomic E-state index is -0.187. The zero-order valence-electron chi connectivity index (χ0n) is 8.29. The van der Waals surface area contributed by atoms with Crippen molar-refractivity contribution in [2.45, 2.75) is 64.6 Å². The van der Waals surface area contributed by atoms with E-state index in [0.29, 0.717) is 0 Å². The number of hydrogen-bond donors (Lipinski definition) is 2.